The van der Waals surface area contributed by atoms with E-state index in [2.05, 4.69) is 10.5 Å². The number of oxime groups is 1. The number of thiophene rings is 1. The first kappa shape index (κ1) is 15.2. The van der Waals surface area contributed by atoms with Crippen molar-refractivity contribution in [2.24, 2.45) is 5.16 Å². The molecule has 2 heterocycles. The molecule has 118 valence electrons. The number of nitro groups is 1. The fourth-order valence-electron chi connectivity index (χ4n) is 2.25. The lowest BCUT2D eigenvalue weighted by Gasteiger charge is -2.08. The molecule has 7 nitrogen and oxygen atoms in total. The molecule has 0 aliphatic carbocycles. The van der Waals surface area contributed by atoms with Gasteiger partial charge in [-0.15, -0.1) is 0 Å². The van der Waals surface area contributed by atoms with E-state index in [1.807, 2.05) is 16.8 Å². The van der Waals surface area contributed by atoms with Crippen LogP contribution in [-0.4, -0.2) is 22.6 Å². The summed E-state index contributed by atoms with van der Waals surface area (Å²) in [4.78, 5) is 27.8. The highest BCUT2D eigenvalue weighted by Crippen LogP contribution is 2.24. The highest BCUT2D eigenvalue weighted by atomic mass is 32.1. The van der Waals surface area contributed by atoms with Crippen LogP contribution in [0.4, 0.5) is 5.69 Å². The second-order valence-electron chi connectivity index (χ2n) is 4.96. The van der Waals surface area contributed by atoms with Gasteiger partial charge in [0.05, 0.1) is 16.2 Å². The summed E-state index contributed by atoms with van der Waals surface area (Å²) in [6.45, 7) is 0.420. The van der Waals surface area contributed by atoms with Gasteiger partial charge in [0, 0.05) is 19.0 Å². The topological polar surface area (TPSA) is 93.8 Å². The molecule has 0 saturated heterocycles. The van der Waals surface area contributed by atoms with Crippen LogP contribution in [0.2, 0.25) is 0 Å². The first-order valence-corrected chi connectivity index (χ1v) is 7.84. The van der Waals surface area contributed by atoms with E-state index in [4.69, 9.17) is 4.84 Å². The second-order valence-corrected chi connectivity index (χ2v) is 5.74. The van der Waals surface area contributed by atoms with Crippen molar-refractivity contribution in [2.75, 3.05) is 0 Å². The molecular weight excluding hydrogens is 318 g/mol. The van der Waals surface area contributed by atoms with Crippen LogP contribution in [0.15, 0.2) is 46.2 Å². The molecule has 0 saturated carbocycles. The van der Waals surface area contributed by atoms with Gasteiger partial charge in [-0.25, -0.2) is 0 Å². The number of carbonyl (C=O) groups is 1. The Balaban J connectivity index is 1.64. The van der Waals surface area contributed by atoms with Gasteiger partial charge in [0.25, 0.3) is 11.6 Å². The average Bonchev–Trinajstić information content (AvgIpc) is 3.24. The third-order valence-corrected chi connectivity index (χ3v) is 4.15. The fourth-order valence-corrected chi connectivity index (χ4v) is 2.92. The molecule has 1 aromatic carbocycles. The van der Waals surface area contributed by atoms with Gasteiger partial charge in [-0.1, -0.05) is 17.3 Å². The van der Waals surface area contributed by atoms with Gasteiger partial charge >= 0.3 is 0 Å². The van der Waals surface area contributed by atoms with Crippen LogP contribution in [0.5, 0.6) is 0 Å². The standard InChI is InChI=1S/C15H13N3O4S/c19-15(16-8-10-5-6-23-9-10)14-7-12(17-22-14)11-3-1-2-4-13(11)18(20)21/h1-6,9,14H,7-8H2,(H,16,19). The minimum atomic E-state index is -0.761. The quantitative estimate of drug-likeness (QED) is 0.672. The van der Waals surface area contributed by atoms with E-state index >= 15 is 0 Å². The van der Waals surface area contributed by atoms with E-state index in [0.29, 0.717) is 17.8 Å². The lowest BCUT2D eigenvalue weighted by molar-refractivity contribution is -0.385. The largest absolute Gasteiger partial charge is 0.382 e. The minimum Gasteiger partial charge on any atom is -0.382 e. The fraction of sp³-hybridized carbons (Fsp3) is 0.200. The Labute approximate surface area is 135 Å². The maximum absolute atomic E-state index is 12.1. The van der Waals surface area contributed by atoms with E-state index in [0.717, 1.165) is 5.56 Å². The van der Waals surface area contributed by atoms with Crippen molar-refractivity contribution in [2.45, 2.75) is 19.1 Å². The third-order valence-electron chi connectivity index (χ3n) is 3.42. The zero-order valence-corrected chi connectivity index (χ0v) is 12.8. The smallest absolute Gasteiger partial charge is 0.278 e. The van der Waals surface area contributed by atoms with Gasteiger partial charge < -0.3 is 10.2 Å². The van der Waals surface area contributed by atoms with Crippen LogP contribution < -0.4 is 5.32 Å². The lowest BCUT2D eigenvalue weighted by Crippen LogP contribution is -2.34. The average molecular weight is 331 g/mol. The summed E-state index contributed by atoms with van der Waals surface area (Å²) in [5.74, 6) is -0.284. The number of para-hydroxylation sites is 1. The molecule has 1 N–H and O–H groups in total. The minimum absolute atomic E-state index is 0.0471. The number of hydrogen-bond donors (Lipinski definition) is 1. The maximum atomic E-state index is 12.1. The summed E-state index contributed by atoms with van der Waals surface area (Å²) >= 11 is 1.56. The molecule has 3 rings (SSSR count). The summed E-state index contributed by atoms with van der Waals surface area (Å²) in [7, 11) is 0. The summed E-state index contributed by atoms with van der Waals surface area (Å²) in [5, 5.41) is 21.6. The first-order valence-electron chi connectivity index (χ1n) is 6.90. The molecular formula is C15H13N3O4S. The highest BCUT2D eigenvalue weighted by Gasteiger charge is 2.31. The number of rotatable bonds is 5. The predicted octanol–water partition coefficient (Wildman–Crippen LogP) is 2.47. The van der Waals surface area contributed by atoms with Crippen molar-refractivity contribution < 1.29 is 14.6 Å². The Bertz CT molecular complexity index is 758. The number of hydrogen-bond acceptors (Lipinski definition) is 6. The molecule has 8 heteroatoms. The molecule has 23 heavy (non-hydrogen) atoms. The summed E-state index contributed by atoms with van der Waals surface area (Å²) in [6, 6.07) is 8.21. The normalized spacial score (nSPS) is 16.5. The second kappa shape index (κ2) is 6.57. The first-order chi connectivity index (χ1) is 11.1. The molecule has 0 fully saturated rings. The van der Waals surface area contributed by atoms with Gasteiger partial charge in [-0.2, -0.15) is 11.3 Å². The zero-order valence-electron chi connectivity index (χ0n) is 12.0. The molecule has 0 spiro atoms. The summed E-state index contributed by atoms with van der Waals surface area (Å²) < 4.78 is 0. The SMILES string of the molecule is O=C(NCc1ccsc1)C1CC(c2ccccc2[N+](=O)[O-])=NO1. The van der Waals surface area contributed by atoms with E-state index in [1.165, 1.54) is 6.07 Å². The maximum Gasteiger partial charge on any atom is 0.278 e. The lowest BCUT2D eigenvalue weighted by atomic mass is 10.0. The van der Waals surface area contributed by atoms with Crippen LogP contribution in [0.3, 0.4) is 0 Å². The summed E-state index contributed by atoms with van der Waals surface area (Å²) in [5.41, 5.74) is 1.76. The van der Waals surface area contributed by atoms with E-state index in [1.54, 1.807) is 29.5 Å². The van der Waals surface area contributed by atoms with Crippen molar-refractivity contribution in [1.82, 2.24) is 5.32 Å². The number of carbonyl (C=O) groups excluding carboxylic acids is 1. The molecule has 1 aliphatic rings. The van der Waals surface area contributed by atoms with Crippen LogP contribution >= 0.6 is 11.3 Å². The predicted molar refractivity (Wildman–Crippen MR) is 85.3 cm³/mol. The molecule has 2 aromatic rings. The van der Waals surface area contributed by atoms with Crippen molar-refractivity contribution in [3.8, 4) is 0 Å². The number of amides is 1. The van der Waals surface area contributed by atoms with E-state index in [-0.39, 0.29) is 18.0 Å². The molecule has 0 radical (unpaired) electrons. The van der Waals surface area contributed by atoms with E-state index in [9.17, 15) is 14.9 Å². The number of benzene rings is 1. The molecule has 1 aliphatic heterocycles. The Morgan fingerprint density at radius 2 is 2.26 bits per heavy atom. The zero-order chi connectivity index (χ0) is 16.2. The monoisotopic (exact) mass is 331 g/mol. The van der Waals surface area contributed by atoms with Gasteiger partial charge in [-0.05, 0) is 28.5 Å². The number of nitrogens with one attached hydrogen (secondary N) is 1. The Morgan fingerprint density at radius 3 is 3.00 bits per heavy atom. The van der Waals surface area contributed by atoms with Crippen LogP contribution in [0.1, 0.15) is 17.5 Å². The molecule has 1 amide bonds. The number of nitro benzene ring substituents is 1. The van der Waals surface area contributed by atoms with E-state index < -0.39 is 11.0 Å². The molecule has 1 atom stereocenters. The Kier molecular flexibility index (Phi) is 4.33. The Morgan fingerprint density at radius 1 is 1.43 bits per heavy atom. The highest BCUT2D eigenvalue weighted by molar-refractivity contribution is 7.07. The van der Waals surface area contributed by atoms with Crippen LogP contribution in [-0.2, 0) is 16.2 Å². The molecule has 0 bridgehead atoms. The molecule has 1 unspecified atom stereocenters. The Hall–Kier alpha value is -2.74. The van der Waals surface area contributed by atoms with Crippen molar-refractivity contribution in [3.05, 3.63) is 62.3 Å². The summed E-state index contributed by atoms with van der Waals surface area (Å²) in [6.07, 6.45) is -0.552. The third kappa shape index (κ3) is 3.37. The molecule has 1 aromatic heterocycles. The van der Waals surface area contributed by atoms with Gasteiger partial charge in [0.1, 0.15) is 0 Å². The van der Waals surface area contributed by atoms with Crippen LogP contribution in [0.25, 0.3) is 0 Å². The van der Waals surface area contributed by atoms with Crippen LogP contribution in [0, 0.1) is 10.1 Å². The van der Waals surface area contributed by atoms with Gasteiger partial charge in [0.2, 0.25) is 6.10 Å². The van der Waals surface area contributed by atoms with Crippen molar-refractivity contribution in [3.63, 3.8) is 0 Å². The van der Waals surface area contributed by atoms with Gasteiger partial charge in [-0.3, -0.25) is 14.9 Å². The van der Waals surface area contributed by atoms with Gasteiger partial charge in [0.15, 0.2) is 0 Å². The number of nitrogens with zero attached hydrogens (tertiary/aromatic N) is 2. The van der Waals surface area contributed by atoms with Crippen molar-refractivity contribution >= 4 is 28.6 Å². The van der Waals surface area contributed by atoms with Crippen molar-refractivity contribution in [1.29, 1.82) is 0 Å².